The van der Waals surface area contributed by atoms with Crippen LogP contribution in [0.3, 0.4) is 0 Å². The van der Waals surface area contributed by atoms with Gasteiger partial charge in [0.05, 0.1) is 41.7 Å². The maximum atomic E-state index is 12.5. The number of hydrogen-bond acceptors (Lipinski definition) is 10. The van der Waals surface area contributed by atoms with E-state index in [0.717, 1.165) is 51.7 Å². The van der Waals surface area contributed by atoms with Gasteiger partial charge in [-0.3, -0.25) is 34.0 Å². The maximum absolute atomic E-state index is 12.5. The van der Waals surface area contributed by atoms with E-state index in [0.29, 0.717) is 52.4 Å². The molecule has 3 aliphatic heterocycles. The molecule has 0 fully saturated rings. The number of fused-ring (bicyclic) bond motifs is 2. The van der Waals surface area contributed by atoms with Gasteiger partial charge in [0, 0.05) is 91.3 Å². The van der Waals surface area contributed by atoms with Gasteiger partial charge in [0.15, 0.2) is 5.71 Å². The van der Waals surface area contributed by atoms with Crippen molar-refractivity contribution < 1.29 is 46.3 Å². The lowest BCUT2D eigenvalue weighted by atomic mass is 9.81. The number of carbonyl (C=O) groups is 3. The van der Waals surface area contributed by atoms with Crippen molar-refractivity contribution in [2.75, 3.05) is 50.9 Å². The number of allylic oxidation sites excluding steroid dienone is 6. The average Bonchev–Trinajstić information content (AvgIpc) is 3.77. The maximum Gasteiger partial charge on any atom is 0.294 e. The Balaban J connectivity index is 1.10. The second-order valence-corrected chi connectivity index (χ2v) is 18.7. The Hall–Kier alpha value is -6.07. The summed E-state index contributed by atoms with van der Waals surface area (Å²) in [7, 11) is -4.43. The number of ether oxygens (including phenoxy) is 2. The van der Waals surface area contributed by atoms with Crippen molar-refractivity contribution in [3.8, 4) is 0 Å². The zero-order chi connectivity index (χ0) is 46.9. The third-order valence-corrected chi connectivity index (χ3v) is 12.9. The fraction of sp³-hybridized carbons (Fsp3) is 0.388. The highest BCUT2D eigenvalue weighted by molar-refractivity contribution is 7.85. The molecule has 0 spiro atoms. The molecule has 0 aromatic heterocycles. The van der Waals surface area contributed by atoms with Gasteiger partial charge in [-0.2, -0.15) is 13.0 Å². The summed E-state index contributed by atoms with van der Waals surface area (Å²) in [5, 5.41) is 13.7. The Bertz CT molecular complexity index is 2560. The molecule has 0 atom stereocenters. The van der Waals surface area contributed by atoms with E-state index in [-0.39, 0.29) is 46.8 Å². The Labute approximate surface area is 380 Å². The van der Waals surface area contributed by atoms with Crippen LogP contribution in [0, 0.1) is 17.0 Å². The average molecular weight is 909 g/mol. The number of nitrogens with zero attached hydrogens (tertiary/aromatic N) is 4. The molecule has 0 bridgehead atoms. The Morgan fingerprint density at radius 3 is 2.28 bits per heavy atom. The van der Waals surface area contributed by atoms with Crippen LogP contribution in [0.2, 0.25) is 0 Å². The van der Waals surface area contributed by atoms with Crippen LogP contribution in [0.5, 0.6) is 0 Å². The first-order valence-corrected chi connectivity index (χ1v) is 23.2. The summed E-state index contributed by atoms with van der Waals surface area (Å²) in [4.78, 5) is 49.7. The molecule has 3 aliphatic rings. The number of unbranched alkanes of at least 4 members (excludes halogenated alkanes) is 2. The molecule has 3 amide bonds. The standard InChI is InChI=1S/C49H57N5O10S/c1-35-15-21-41-39(32-35)48(2,3)44(52(41)28-29-63-30-31-64-34-36-16-18-37(19-17-36)54(58)59)13-9-6-8-12-43-49(4,5)40-33-38(65(60,61)62)20-22-42(40)51(43)26-11-7-10-14-45(55)50-25-27-53-46(56)23-24-47(53)57/h6,8-9,12-13,15-24,32-33H,7,10-11,14,25-31,34H2,1-5H3,(H-,50,55,60,61,62)/p+1. The number of non-ortho nitro benzene ring substituents is 1. The van der Waals surface area contributed by atoms with Crippen LogP contribution in [0.4, 0.5) is 17.1 Å². The van der Waals surface area contributed by atoms with Crippen LogP contribution in [-0.2, 0) is 51.4 Å². The number of hydrogen-bond donors (Lipinski definition) is 2. The van der Waals surface area contributed by atoms with Crippen LogP contribution in [0.1, 0.15) is 75.6 Å². The molecule has 3 aromatic carbocycles. The van der Waals surface area contributed by atoms with Crippen LogP contribution < -0.4 is 10.2 Å². The molecule has 344 valence electrons. The number of imide groups is 1. The molecule has 2 N–H and O–H groups in total. The largest absolute Gasteiger partial charge is 0.377 e. The SMILES string of the molecule is Cc1ccc2c(c1)C(C)(C)C(=CC=CC=CC1=[N+](CCCCCC(=O)NCCN3C(=O)C=CC3=O)c3ccc(S(=O)(=O)O)cc3C1(C)C)N2CCOCCOCc1ccc([N+](=O)[O-])cc1. The summed E-state index contributed by atoms with van der Waals surface area (Å²) >= 11 is 0. The van der Waals surface area contributed by atoms with E-state index in [2.05, 4.69) is 59.8 Å². The van der Waals surface area contributed by atoms with Gasteiger partial charge in [0.25, 0.3) is 27.6 Å². The Kier molecular flexibility index (Phi) is 15.5. The number of benzene rings is 3. The first-order valence-electron chi connectivity index (χ1n) is 21.8. The van der Waals surface area contributed by atoms with Crippen LogP contribution in [0.15, 0.2) is 114 Å². The second-order valence-electron chi connectivity index (χ2n) is 17.3. The van der Waals surface area contributed by atoms with Gasteiger partial charge in [-0.1, -0.05) is 49.8 Å². The van der Waals surface area contributed by atoms with Gasteiger partial charge in [-0.25, -0.2) is 0 Å². The minimum absolute atomic E-state index is 0.0400. The van der Waals surface area contributed by atoms with Crippen molar-refractivity contribution in [1.29, 1.82) is 0 Å². The number of nitro benzene ring substituents is 1. The topological polar surface area (TPSA) is 189 Å². The van der Waals surface area contributed by atoms with E-state index < -0.39 is 20.5 Å². The molecule has 16 heteroatoms. The predicted octanol–water partition coefficient (Wildman–Crippen LogP) is 7.16. The van der Waals surface area contributed by atoms with Crippen LogP contribution in [-0.4, -0.2) is 96.8 Å². The molecular weight excluding hydrogens is 851 g/mol. The highest BCUT2D eigenvalue weighted by Gasteiger charge is 2.45. The van der Waals surface area contributed by atoms with Gasteiger partial charge in [0.2, 0.25) is 11.6 Å². The van der Waals surface area contributed by atoms with Crippen LogP contribution >= 0.6 is 0 Å². The molecule has 0 unspecified atom stereocenters. The minimum atomic E-state index is -4.43. The summed E-state index contributed by atoms with van der Waals surface area (Å²) < 4.78 is 48.1. The van der Waals surface area contributed by atoms with Crippen molar-refractivity contribution in [3.63, 3.8) is 0 Å². The smallest absolute Gasteiger partial charge is 0.294 e. The van der Waals surface area contributed by atoms with Crippen molar-refractivity contribution >= 4 is 50.6 Å². The first kappa shape index (κ1) is 48.4. The number of rotatable bonds is 22. The van der Waals surface area contributed by atoms with Crippen LogP contribution in [0.25, 0.3) is 0 Å². The molecule has 6 rings (SSSR count). The molecule has 15 nitrogen and oxygen atoms in total. The lowest BCUT2D eigenvalue weighted by Crippen LogP contribution is -2.38. The summed E-state index contributed by atoms with van der Waals surface area (Å²) in [6.07, 6.45) is 15.0. The van der Waals surface area contributed by atoms with Crippen molar-refractivity contribution in [2.24, 2.45) is 0 Å². The zero-order valence-electron chi connectivity index (χ0n) is 37.6. The summed E-state index contributed by atoms with van der Waals surface area (Å²) in [6.45, 7) is 13.7. The van der Waals surface area contributed by atoms with Crippen molar-refractivity contribution in [1.82, 2.24) is 10.2 Å². The Morgan fingerprint density at radius 1 is 0.846 bits per heavy atom. The third-order valence-electron chi connectivity index (χ3n) is 12.0. The minimum Gasteiger partial charge on any atom is -0.377 e. The summed E-state index contributed by atoms with van der Waals surface area (Å²) in [5.74, 6) is -0.925. The van der Waals surface area contributed by atoms with E-state index >= 15 is 0 Å². The normalized spacial score (nSPS) is 17.0. The summed E-state index contributed by atoms with van der Waals surface area (Å²) in [6, 6.07) is 17.5. The number of aryl methyl sites for hydroxylation is 1. The molecule has 3 heterocycles. The molecular formula is C49H58N5O10S+. The molecule has 0 saturated heterocycles. The summed E-state index contributed by atoms with van der Waals surface area (Å²) in [5.41, 5.74) is 7.21. The number of amides is 3. The predicted molar refractivity (Wildman–Crippen MR) is 248 cm³/mol. The molecule has 0 radical (unpaired) electrons. The number of nitro groups is 1. The monoisotopic (exact) mass is 908 g/mol. The molecule has 0 aliphatic carbocycles. The quantitative estimate of drug-likeness (QED) is 0.0198. The van der Waals surface area contributed by atoms with E-state index in [1.54, 1.807) is 18.2 Å². The van der Waals surface area contributed by atoms with E-state index in [1.807, 2.05) is 38.2 Å². The van der Waals surface area contributed by atoms with E-state index in [1.165, 1.54) is 47.5 Å². The zero-order valence-corrected chi connectivity index (χ0v) is 38.4. The van der Waals surface area contributed by atoms with Crippen molar-refractivity contribution in [3.05, 3.63) is 141 Å². The highest BCUT2D eigenvalue weighted by atomic mass is 32.2. The number of nitrogens with one attached hydrogen (secondary N) is 1. The molecule has 65 heavy (non-hydrogen) atoms. The van der Waals surface area contributed by atoms with E-state index in [4.69, 9.17) is 9.47 Å². The lowest BCUT2D eigenvalue weighted by Gasteiger charge is -2.27. The number of anilines is 1. The van der Waals surface area contributed by atoms with Gasteiger partial charge >= 0.3 is 0 Å². The highest BCUT2D eigenvalue weighted by Crippen LogP contribution is 2.48. The Morgan fingerprint density at radius 2 is 1.57 bits per heavy atom. The fourth-order valence-electron chi connectivity index (χ4n) is 8.50. The number of carbonyl (C=O) groups excluding carboxylic acids is 3. The first-order chi connectivity index (χ1) is 30.9. The molecule has 3 aromatic rings. The van der Waals surface area contributed by atoms with Gasteiger partial charge in [-0.05, 0) is 81.1 Å². The second kappa shape index (κ2) is 20.8. The van der Waals surface area contributed by atoms with Gasteiger partial charge in [-0.15, -0.1) is 0 Å². The fourth-order valence-corrected chi connectivity index (χ4v) is 9.01. The lowest BCUT2D eigenvalue weighted by molar-refractivity contribution is -0.438. The van der Waals surface area contributed by atoms with Gasteiger partial charge in [0.1, 0.15) is 6.54 Å². The molecule has 0 saturated carbocycles. The van der Waals surface area contributed by atoms with Gasteiger partial charge < -0.3 is 19.7 Å². The van der Waals surface area contributed by atoms with E-state index in [9.17, 15) is 37.5 Å². The van der Waals surface area contributed by atoms with Crippen molar-refractivity contribution in [2.45, 2.75) is 82.6 Å². The third kappa shape index (κ3) is 11.6.